The molecular formula is C23H20FN3O2S. The lowest BCUT2D eigenvalue weighted by Crippen LogP contribution is -2.45. The van der Waals surface area contributed by atoms with E-state index in [0.29, 0.717) is 35.8 Å². The van der Waals surface area contributed by atoms with E-state index in [1.807, 2.05) is 37.3 Å². The Morgan fingerprint density at radius 2 is 2.17 bits per heavy atom. The lowest BCUT2D eigenvalue weighted by molar-refractivity contribution is -0.130. The molecule has 0 saturated carbocycles. The normalized spacial score (nSPS) is 22.1. The average molecular weight is 421 g/mol. The molecule has 1 spiro atoms. The summed E-state index contributed by atoms with van der Waals surface area (Å²) in [6, 6.07) is 12.4. The number of nitrogens with one attached hydrogen (secondary N) is 1. The van der Waals surface area contributed by atoms with Crippen LogP contribution in [-0.2, 0) is 9.67 Å². The third-order valence-electron chi connectivity index (χ3n) is 5.49. The van der Waals surface area contributed by atoms with E-state index in [0.717, 1.165) is 16.9 Å². The van der Waals surface area contributed by atoms with Crippen molar-refractivity contribution in [2.45, 2.75) is 18.2 Å². The summed E-state index contributed by atoms with van der Waals surface area (Å²) in [5.41, 5.74) is 3.10. The van der Waals surface area contributed by atoms with Gasteiger partial charge in [-0.05, 0) is 43.0 Å². The maximum atomic E-state index is 14.0. The maximum Gasteiger partial charge on any atom is 0.275 e. The quantitative estimate of drug-likeness (QED) is 0.795. The molecule has 3 aliphatic rings. The van der Waals surface area contributed by atoms with Crippen LogP contribution in [0.4, 0.5) is 4.39 Å². The number of benzene rings is 2. The number of para-hydroxylation sites is 1. The standard InChI is InChI=1S/C23H20FN3O2S/c1-15-6-7-17(24)14-18(15)21-26-27(22(28)16-8-11-25-12-9-16)23(30-21)10-13-29-20-5-3-2-4-19(20)23/h2-9,11,14,25H,10,12-13H2,1H3. The first-order valence-electron chi connectivity index (χ1n) is 9.80. The summed E-state index contributed by atoms with van der Waals surface area (Å²) in [6.45, 7) is 2.98. The van der Waals surface area contributed by atoms with E-state index in [2.05, 4.69) is 5.32 Å². The molecule has 152 valence electrons. The number of amides is 1. The predicted molar refractivity (Wildman–Crippen MR) is 116 cm³/mol. The van der Waals surface area contributed by atoms with Gasteiger partial charge in [-0.25, -0.2) is 9.40 Å². The van der Waals surface area contributed by atoms with E-state index in [-0.39, 0.29) is 11.7 Å². The van der Waals surface area contributed by atoms with Crippen LogP contribution in [0.5, 0.6) is 5.75 Å². The number of thioether (sulfide) groups is 1. The molecule has 1 atom stereocenters. The van der Waals surface area contributed by atoms with Crippen LogP contribution in [-0.4, -0.2) is 29.1 Å². The largest absolute Gasteiger partial charge is 0.493 e. The van der Waals surface area contributed by atoms with Crippen molar-refractivity contribution in [3.05, 3.63) is 88.9 Å². The van der Waals surface area contributed by atoms with Crippen LogP contribution in [0.3, 0.4) is 0 Å². The van der Waals surface area contributed by atoms with Gasteiger partial charge in [0.25, 0.3) is 5.91 Å². The molecule has 2 aromatic carbocycles. The molecule has 2 aromatic rings. The number of halogens is 1. The van der Waals surface area contributed by atoms with Gasteiger partial charge < -0.3 is 10.1 Å². The molecule has 5 rings (SSSR count). The van der Waals surface area contributed by atoms with Gasteiger partial charge in [0, 0.05) is 29.7 Å². The van der Waals surface area contributed by atoms with Gasteiger partial charge in [-0.1, -0.05) is 42.1 Å². The van der Waals surface area contributed by atoms with Crippen LogP contribution in [0.15, 0.2) is 71.5 Å². The van der Waals surface area contributed by atoms with Gasteiger partial charge >= 0.3 is 0 Å². The Bertz CT molecular complexity index is 1130. The fraction of sp³-hybridized carbons (Fsp3) is 0.217. The van der Waals surface area contributed by atoms with E-state index in [9.17, 15) is 9.18 Å². The zero-order valence-corrected chi connectivity index (χ0v) is 17.2. The Balaban J connectivity index is 1.65. The van der Waals surface area contributed by atoms with Crippen molar-refractivity contribution < 1.29 is 13.9 Å². The number of dihydropyridines is 1. The van der Waals surface area contributed by atoms with Crippen molar-refractivity contribution in [1.29, 1.82) is 0 Å². The lowest BCUT2D eigenvalue weighted by Gasteiger charge is -2.39. The van der Waals surface area contributed by atoms with Crippen LogP contribution in [0.2, 0.25) is 0 Å². The fourth-order valence-corrected chi connectivity index (χ4v) is 5.39. The number of hydrogen-bond donors (Lipinski definition) is 1. The molecule has 30 heavy (non-hydrogen) atoms. The summed E-state index contributed by atoms with van der Waals surface area (Å²) in [6.07, 6.45) is 5.96. The molecule has 1 N–H and O–H groups in total. The van der Waals surface area contributed by atoms with Gasteiger partial charge in [-0.3, -0.25) is 4.79 Å². The van der Waals surface area contributed by atoms with Crippen LogP contribution < -0.4 is 10.1 Å². The summed E-state index contributed by atoms with van der Waals surface area (Å²) < 4.78 is 19.9. The Labute approximate surface area is 178 Å². The lowest BCUT2D eigenvalue weighted by atomic mass is 9.98. The highest BCUT2D eigenvalue weighted by molar-refractivity contribution is 8.15. The second-order valence-electron chi connectivity index (χ2n) is 7.36. The summed E-state index contributed by atoms with van der Waals surface area (Å²) in [5, 5.41) is 10.0. The second-order valence-corrected chi connectivity index (χ2v) is 8.63. The molecule has 1 unspecified atom stereocenters. The minimum Gasteiger partial charge on any atom is -0.493 e. The number of ether oxygens (including phenoxy) is 1. The number of hydrogen-bond acceptors (Lipinski definition) is 5. The zero-order chi connectivity index (χ0) is 20.7. The Kier molecular flexibility index (Phi) is 4.62. The minimum absolute atomic E-state index is 0.180. The monoisotopic (exact) mass is 421 g/mol. The highest BCUT2D eigenvalue weighted by Gasteiger charge is 2.52. The first kappa shape index (κ1) is 18.9. The summed E-state index contributed by atoms with van der Waals surface area (Å²) in [7, 11) is 0. The highest BCUT2D eigenvalue weighted by atomic mass is 32.2. The first-order valence-corrected chi connectivity index (χ1v) is 10.6. The Hall–Kier alpha value is -3.06. The van der Waals surface area contributed by atoms with E-state index in [4.69, 9.17) is 9.84 Å². The van der Waals surface area contributed by atoms with Crippen LogP contribution >= 0.6 is 11.8 Å². The van der Waals surface area contributed by atoms with Gasteiger partial charge in [-0.2, -0.15) is 5.10 Å². The van der Waals surface area contributed by atoms with Gasteiger partial charge in [0.1, 0.15) is 21.5 Å². The molecule has 0 saturated heterocycles. The van der Waals surface area contributed by atoms with Crippen LogP contribution in [0.1, 0.15) is 23.1 Å². The van der Waals surface area contributed by atoms with Crippen molar-refractivity contribution in [2.24, 2.45) is 5.10 Å². The van der Waals surface area contributed by atoms with Crippen LogP contribution in [0, 0.1) is 12.7 Å². The van der Waals surface area contributed by atoms with Gasteiger partial charge in [0.05, 0.1) is 6.61 Å². The molecule has 0 radical (unpaired) electrons. The molecule has 5 nitrogen and oxygen atoms in total. The van der Waals surface area contributed by atoms with E-state index in [1.54, 1.807) is 23.4 Å². The SMILES string of the molecule is Cc1ccc(F)cc1C1=NN(C(=O)C2=CCNC=C2)C2(CCOc3ccccc32)S1. The first-order chi connectivity index (χ1) is 14.6. The number of rotatable bonds is 2. The molecule has 0 bridgehead atoms. The third-order valence-corrected chi connectivity index (χ3v) is 6.92. The number of carbonyl (C=O) groups excluding carboxylic acids is 1. The topological polar surface area (TPSA) is 53.9 Å². The van der Waals surface area contributed by atoms with Gasteiger partial charge in [0.2, 0.25) is 0 Å². The number of carbonyl (C=O) groups is 1. The molecule has 0 aliphatic carbocycles. The van der Waals surface area contributed by atoms with Crippen molar-refractivity contribution in [2.75, 3.05) is 13.2 Å². The molecule has 0 fully saturated rings. The van der Waals surface area contributed by atoms with Crippen LogP contribution in [0.25, 0.3) is 0 Å². The maximum absolute atomic E-state index is 14.0. The smallest absolute Gasteiger partial charge is 0.275 e. The fourth-order valence-electron chi connectivity index (χ4n) is 3.95. The predicted octanol–water partition coefficient (Wildman–Crippen LogP) is 4.05. The average Bonchev–Trinajstić information content (AvgIpc) is 3.15. The Morgan fingerprint density at radius 3 is 3.00 bits per heavy atom. The zero-order valence-electron chi connectivity index (χ0n) is 16.4. The summed E-state index contributed by atoms with van der Waals surface area (Å²) in [5.74, 6) is 0.242. The number of nitrogens with zero attached hydrogens (tertiary/aromatic N) is 2. The summed E-state index contributed by atoms with van der Waals surface area (Å²) in [4.78, 5) is 12.8. The second kappa shape index (κ2) is 7.32. The molecule has 0 aromatic heterocycles. The molecule has 3 aliphatic heterocycles. The summed E-state index contributed by atoms with van der Waals surface area (Å²) >= 11 is 1.49. The van der Waals surface area contributed by atoms with Gasteiger partial charge in [-0.15, -0.1) is 0 Å². The van der Waals surface area contributed by atoms with Crippen molar-refractivity contribution in [3.63, 3.8) is 0 Å². The number of hydrazone groups is 1. The van der Waals surface area contributed by atoms with Gasteiger partial charge in [0.15, 0.2) is 0 Å². The third kappa shape index (κ3) is 3.01. The number of aryl methyl sites for hydroxylation is 1. The minimum atomic E-state index is -0.737. The molecular weight excluding hydrogens is 401 g/mol. The van der Waals surface area contributed by atoms with E-state index >= 15 is 0 Å². The number of fused-ring (bicyclic) bond motifs is 2. The molecule has 1 amide bonds. The van der Waals surface area contributed by atoms with E-state index in [1.165, 1.54) is 23.9 Å². The molecule has 3 heterocycles. The van der Waals surface area contributed by atoms with Crippen molar-refractivity contribution >= 4 is 22.7 Å². The van der Waals surface area contributed by atoms with Crippen molar-refractivity contribution in [3.8, 4) is 5.75 Å². The highest BCUT2D eigenvalue weighted by Crippen LogP contribution is 2.54. The van der Waals surface area contributed by atoms with Crippen molar-refractivity contribution in [1.82, 2.24) is 10.3 Å². The molecule has 7 heteroatoms. The Morgan fingerprint density at radius 1 is 1.30 bits per heavy atom. The van der Waals surface area contributed by atoms with E-state index < -0.39 is 4.87 Å².